The van der Waals surface area contributed by atoms with Gasteiger partial charge >= 0.3 is 0 Å². The quantitative estimate of drug-likeness (QED) is 0.654. The minimum Gasteiger partial charge on any atom is -0.311 e. The molecular formula is C14H27N. The second-order valence-corrected chi connectivity index (χ2v) is 5.06. The number of nitrogens with one attached hydrogen (secondary N) is 1. The molecule has 0 aliphatic heterocycles. The van der Waals surface area contributed by atoms with Gasteiger partial charge in [0.15, 0.2) is 0 Å². The lowest BCUT2D eigenvalue weighted by atomic mass is 9.84. The van der Waals surface area contributed by atoms with E-state index in [9.17, 15) is 0 Å². The first-order valence-electron chi connectivity index (χ1n) is 6.63. The summed E-state index contributed by atoms with van der Waals surface area (Å²) in [6, 6.07) is 1.44. The van der Waals surface area contributed by atoms with E-state index < -0.39 is 0 Å². The minimum atomic E-state index is 0.658. The van der Waals surface area contributed by atoms with Crippen LogP contribution in [0.15, 0.2) is 12.7 Å². The zero-order valence-corrected chi connectivity index (χ0v) is 10.5. The second kappa shape index (κ2) is 7.05. The van der Waals surface area contributed by atoms with Crippen LogP contribution in [0.5, 0.6) is 0 Å². The minimum absolute atomic E-state index is 0.658. The molecule has 1 fully saturated rings. The highest BCUT2D eigenvalue weighted by Crippen LogP contribution is 2.26. The van der Waals surface area contributed by atoms with E-state index in [-0.39, 0.29) is 0 Å². The molecule has 1 aliphatic rings. The molecule has 0 aromatic rings. The van der Waals surface area contributed by atoms with E-state index in [0.717, 1.165) is 18.4 Å². The number of allylic oxidation sites excluding steroid dienone is 1. The highest BCUT2D eigenvalue weighted by molar-refractivity contribution is 4.80. The predicted molar refractivity (Wildman–Crippen MR) is 68.1 cm³/mol. The molecular weight excluding hydrogens is 182 g/mol. The van der Waals surface area contributed by atoms with E-state index in [0.29, 0.717) is 6.04 Å². The first-order chi connectivity index (χ1) is 7.26. The first kappa shape index (κ1) is 12.8. The van der Waals surface area contributed by atoms with Crippen molar-refractivity contribution in [1.29, 1.82) is 0 Å². The average Bonchev–Trinajstić information content (AvgIpc) is 2.27. The Morgan fingerprint density at radius 2 is 2.00 bits per heavy atom. The molecule has 0 aromatic heterocycles. The predicted octanol–water partition coefficient (Wildman–Crippen LogP) is 3.90. The maximum atomic E-state index is 3.77. The lowest BCUT2D eigenvalue weighted by Crippen LogP contribution is -2.38. The van der Waals surface area contributed by atoms with Gasteiger partial charge in [0.25, 0.3) is 0 Å². The molecule has 0 spiro atoms. The van der Waals surface area contributed by atoms with Crippen molar-refractivity contribution in [2.24, 2.45) is 5.92 Å². The summed E-state index contributed by atoms with van der Waals surface area (Å²) in [5, 5.41) is 3.75. The highest BCUT2D eigenvalue weighted by Gasteiger charge is 2.20. The lowest BCUT2D eigenvalue weighted by molar-refractivity contribution is 0.269. The van der Waals surface area contributed by atoms with Gasteiger partial charge in [-0.05, 0) is 51.4 Å². The van der Waals surface area contributed by atoms with Crippen LogP contribution in [0.1, 0.15) is 58.8 Å². The van der Waals surface area contributed by atoms with Crippen LogP contribution in [0.4, 0.5) is 0 Å². The average molecular weight is 209 g/mol. The van der Waals surface area contributed by atoms with Crippen molar-refractivity contribution in [2.45, 2.75) is 70.9 Å². The number of hydrogen-bond acceptors (Lipinski definition) is 1. The monoisotopic (exact) mass is 209 g/mol. The van der Waals surface area contributed by atoms with Crippen molar-refractivity contribution in [3.63, 3.8) is 0 Å². The van der Waals surface area contributed by atoms with Crippen LogP contribution in [0.25, 0.3) is 0 Å². The van der Waals surface area contributed by atoms with E-state index in [1.807, 2.05) is 6.08 Å². The third-order valence-corrected chi connectivity index (χ3v) is 3.75. The zero-order valence-electron chi connectivity index (χ0n) is 10.5. The van der Waals surface area contributed by atoms with Crippen molar-refractivity contribution in [2.75, 3.05) is 0 Å². The normalized spacial score (nSPS) is 28.7. The fraction of sp³-hybridized carbons (Fsp3) is 0.857. The summed E-state index contributed by atoms with van der Waals surface area (Å²) in [6.07, 6.45) is 11.4. The molecule has 1 unspecified atom stereocenters. The van der Waals surface area contributed by atoms with Gasteiger partial charge in [-0.25, -0.2) is 0 Å². The Bertz CT molecular complexity index is 168. The molecule has 0 aromatic carbocycles. The lowest BCUT2D eigenvalue weighted by Gasteiger charge is -2.30. The van der Waals surface area contributed by atoms with Crippen molar-refractivity contribution in [1.82, 2.24) is 5.32 Å². The van der Waals surface area contributed by atoms with Gasteiger partial charge in [-0.3, -0.25) is 0 Å². The van der Waals surface area contributed by atoms with E-state index >= 15 is 0 Å². The van der Waals surface area contributed by atoms with E-state index in [2.05, 4.69) is 25.7 Å². The Labute approximate surface area is 95.3 Å². The Morgan fingerprint density at radius 3 is 2.53 bits per heavy atom. The summed E-state index contributed by atoms with van der Waals surface area (Å²) in [5.41, 5.74) is 0. The van der Waals surface area contributed by atoms with Crippen LogP contribution in [0, 0.1) is 5.92 Å². The van der Waals surface area contributed by atoms with Gasteiger partial charge in [0.05, 0.1) is 0 Å². The maximum Gasteiger partial charge on any atom is 0.00697 e. The van der Waals surface area contributed by atoms with Gasteiger partial charge in [0.1, 0.15) is 0 Å². The van der Waals surface area contributed by atoms with Gasteiger partial charge in [0, 0.05) is 12.1 Å². The molecule has 1 aliphatic carbocycles. The highest BCUT2D eigenvalue weighted by atomic mass is 14.9. The van der Waals surface area contributed by atoms with Crippen molar-refractivity contribution in [3.05, 3.63) is 12.7 Å². The molecule has 88 valence electrons. The van der Waals surface area contributed by atoms with E-state index in [1.165, 1.54) is 38.5 Å². The van der Waals surface area contributed by atoms with Crippen LogP contribution in [-0.2, 0) is 0 Å². The Balaban J connectivity index is 2.14. The molecule has 1 N–H and O–H groups in total. The Hall–Kier alpha value is -0.300. The zero-order chi connectivity index (χ0) is 11.1. The number of rotatable bonds is 6. The molecule has 15 heavy (non-hydrogen) atoms. The maximum absolute atomic E-state index is 3.77. The summed E-state index contributed by atoms with van der Waals surface area (Å²) in [5.74, 6) is 1.01. The fourth-order valence-electron chi connectivity index (χ4n) is 2.59. The Morgan fingerprint density at radius 1 is 1.33 bits per heavy atom. The van der Waals surface area contributed by atoms with Gasteiger partial charge < -0.3 is 5.32 Å². The van der Waals surface area contributed by atoms with E-state index in [4.69, 9.17) is 0 Å². The molecule has 0 radical (unpaired) electrons. The molecule has 0 heterocycles. The van der Waals surface area contributed by atoms with Crippen LogP contribution < -0.4 is 5.32 Å². The second-order valence-electron chi connectivity index (χ2n) is 5.06. The largest absolute Gasteiger partial charge is 0.311 e. The van der Waals surface area contributed by atoms with Gasteiger partial charge in [0.2, 0.25) is 0 Å². The standard InChI is InChI=1S/C14H27N/c1-4-6-7-12(3)15-14-10-8-13(5-2)9-11-14/h4,12-15H,1,5-11H2,2-3H3. The number of hydrogen-bond donors (Lipinski definition) is 1. The van der Waals surface area contributed by atoms with Gasteiger partial charge in [-0.2, -0.15) is 0 Å². The molecule has 1 heteroatoms. The molecule has 0 amide bonds. The smallest absolute Gasteiger partial charge is 0.00697 e. The molecule has 0 bridgehead atoms. The first-order valence-corrected chi connectivity index (χ1v) is 6.63. The molecule has 0 saturated heterocycles. The van der Waals surface area contributed by atoms with Crippen molar-refractivity contribution >= 4 is 0 Å². The van der Waals surface area contributed by atoms with E-state index in [1.54, 1.807) is 0 Å². The third-order valence-electron chi connectivity index (χ3n) is 3.75. The summed E-state index contributed by atoms with van der Waals surface area (Å²) in [4.78, 5) is 0. The van der Waals surface area contributed by atoms with Crippen LogP contribution >= 0.6 is 0 Å². The van der Waals surface area contributed by atoms with Crippen molar-refractivity contribution < 1.29 is 0 Å². The van der Waals surface area contributed by atoms with Crippen molar-refractivity contribution in [3.8, 4) is 0 Å². The SMILES string of the molecule is C=CCCC(C)NC1CCC(CC)CC1. The fourth-order valence-corrected chi connectivity index (χ4v) is 2.59. The van der Waals surface area contributed by atoms with Gasteiger partial charge in [-0.1, -0.05) is 19.4 Å². The van der Waals surface area contributed by atoms with Crippen LogP contribution in [0.3, 0.4) is 0 Å². The summed E-state index contributed by atoms with van der Waals surface area (Å²) in [7, 11) is 0. The molecule has 1 rings (SSSR count). The van der Waals surface area contributed by atoms with Crippen LogP contribution in [0.2, 0.25) is 0 Å². The molecule has 1 saturated carbocycles. The summed E-state index contributed by atoms with van der Waals surface area (Å²) < 4.78 is 0. The third kappa shape index (κ3) is 4.83. The topological polar surface area (TPSA) is 12.0 Å². The molecule has 1 atom stereocenters. The summed E-state index contributed by atoms with van der Waals surface area (Å²) >= 11 is 0. The van der Waals surface area contributed by atoms with Crippen LogP contribution in [-0.4, -0.2) is 12.1 Å². The van der Waals surface area contributed by atoms with Gasteiger partial charge in [-0.15, -0.1) is 6.58 Å². The Kier molecular flexibility index (Phi) is 6.00. The molecule has 1 nitrogen and oxygen atoms in total. The summed E-state index contributed by atoms with van der Waals surface area (Å²) in [6.45, 7) is 8.40.